The maximum absolute atomic E-state index is 14.2. The second kappa shape index (κ2) is 8.27. The van der Waals surface area contributed by atoms with E-state index in [1.54, 1.807) is 18.2 Å². The van der Waals surface area contributed by atoms with Crippen molar-refractivity contribution in [1.29, 1.82) is 0 Å². The van der Waals surface area contributed by atoms with Gasteiger partial charge in [0.25, 0.3) is 5.91 Å². The molecule has 0 aliphatic heterocycles. The molecule has 4 aromatic rings. The van der Waals surface area contributed by atoms with Crippen LogP contribution in [-0.4, -0.2) is 22.0 Å². The summed E-state index contributed by atoms with van der Waals surface area (Å²) < 4.78 is 16.2. The van der Waals surface area contributed by atoms with Crippen LogP contribution >= 0.6 is 0 Å². The van der Waals surface area contributed by atoms with Crippen LogP contribution in [0.4, 0.5) is 4.39 Å². The Kier molecular flexibility index (Phi) is 5.38. The highest BCUT2D eigenvalue weighted by atomic mass is 19.1. The Morgan fingerprint density at radius 1 is 1.03 bits per heavy atom. The van der Waals surface area contributed by atoms with Crippen LogP contribution in [0.15, 0.2) is 72.8 Å². The fourth-order valence-electron chi connectivity index (χ4n) is 3.47. The standard InChI is InChI=1S/C24H22FN3O/c1-17-7-6-9-18(15-17)24(29)26-14-13-23-27-21-11-4-5-12-22(21)28(23)16-19-8-2-3-10-20(19)25/h2-12,15H,13-14,16H2,1H3,(H,26,29). The van der Waals surface area contributed by atoms with Gasteiger partial charge in [-0.15, -0.1) is 0 Å². The first-order valence-corrected chi connectivity index (χ1v) is 9.64. The zero-order chi connectivity index (χ0) is 20.2. The van der Waals surface area contributed by atoms with Gasteiger partial charge in [0.15, 0.2) is 0 Å². The molecule has 0 unspecified atom stereocenters. The fourth-order valence-corrected chi connectivity index (χ4v) is 3.47. The van der Waals surface area contributed by atoms with Crippen molar-refractivity contribution in [3.63, 3.8) is 0 Å². The summed E-state index contributed by atoms with van der Waals surface area (Å²) in [6.45, 7) is 2.81. The number of benzene rings is 3. The van der Waals surface area contributed by atoms with Crippen LogP contribution in [0.3, 0.4) is 0 Å². The Hall–Kier alpha value is -3.47. The van der Waals surface area contributed by atoms with E-state index >= 15 is 0 Å². The molecule has 0 fully saturated rings. The number of carbonyl (C=O) groups is 1. The number of para-hydroxylation sites is 2. The topological polar surface area (TPSA) is 46.9 Å². The van der Waals surface area contributed by atoms with Crippen LogP contribution in [0.5, 0.6) is 0 Å². The maximum Gasteiger partial charge on any atom is 0.251 e. The van der Waals surface area contributed by atoms with Gasteiger partial charge in [-0.2, -0.15) is 0 Å². The van der Waals surface area contributed by atoms with Crippen molar-refractivity contribution in [2.24, 2.45) is 0 Å². The molecule has 0 bridgehead atoms. The molecule has 1 aromatic heterocycles. The second-order valence-electron chi connectivity index (χ2n) is 7.07. The molecule has 0 spiro atoms. The van der Waals surface area contributed by atoms with E-state index in [4.69, 9.17) is 4.98 Å². The second-order valence-corrected chi connectivity index (χ2v) is 7.07. The molecule has 146 valence electrons. The normalized spacial score (nSPS) is 11.0. The minimum atomic E-state index is -0.232. The molecular weight excluding hydrogens is 365 g/mol. The number of imidazole rings is 1. The monoisotopic (exact) mass is 387 g/mol. The van der Waals surface area contributed by atoms with Crippen LogP contribution in [-0.2, 0) is 13.0 Å². The first kappa shape index (κ1) is 18.9. The van der Waals surface area contributed by atoms with Gasteiger partial charge in [-0.3, -0.25) is 4.79 Å². The van der Waals surface area contributed by atoms with E-state index in [0.717, 1.165) is 22.4 Å². The fraction of sp³-hybridized carbons (Fsp3) is 0.167. The van der Waals surface area contributed by atoms with Crippen LogP contribution in [0.1, 0.15) is 27.3 Å². The third-order valence-corrected chi connectivity index (χ3v) is 4.93. The van der Waals surface area contributed by atoms with Crippen molar-refractivity contribution >= 4 is 16.9 Å². The van der Waals surface area contributed by atoms with E-state index in [0.29, 0.717) is 30.6 Å². The number of hydrogen-bond acceptors (Lipinski definition) is 2. The molecule has 0 aliphatic carbocycles. The molecule has 1 heterocycles. The van der Waals surface area contributed by atoms with Gasteiger partial charge in [-0.1, -0.05) is 48.0 Å². The minimum absolute atomic E-state index is 0.106. The highest BCUT2D eigenvalue weighted by Crippen LogP contribution is 2.19. The molecule has 0 saturated carbocycles. The highest BCUT2D eigenvalue weighted by Gasteiger charge is 2.13. The summed E-state index contributed by atoms with van der Waals surface area (Å²) in [5.74, 6) is 0.480. The lowest BCUT2D eigenvalue weighted by molar-refractivity contribution is 0.0954. The van der Waals surface area contributed by atoms with Gasteiger partial charge in [0, 0.05) is 24.1 Å². The van der Waals surface area contributed by atoms with Gasteiger partial charge in [-0.05, 0) is 37.3 Å². The Labute approximate surface area is 169 Å². The molecule has 4 nitrogen and oxygen atoms in total. The number of amides is 1. The first-order valence-electron chi connectivity index (χ1n) is 9.64. The van der Waals surface area contributed by atoms with Gasteiger partial charge in [0.2, 0.25) is 0 Å². The highest BCUT2D eigenvalue weighted by molar-refractivity contribution is 5.94. The average molecular weight is 387 g/mol. The number of fused-ring (bicyclic) bond motifs is 1. The summed E-state index contributed by atoms with van der Waals surface area (Å²) in [6, 6.07) is 22.1. The van der Waals surface area contributed by atoms with Crippen LogP contribution in [0.2, 0.25) is 0 Å². The maximum atomic E-state index is 14.2. The lowest BCUT2D eigenvalue weighted by atomic mass is 10.1. The van der Waals surface area contributed by atoms with Gasteiger partial charge in [0.1, 0.15) is 11.6 Å². The van der Waals surface area contributed by atoms with Crippen molar-refractivity contribution in [1.82, 2.24) is 14.9 Å². The SMILES string of the molecule is Cc1cccc(C(=O)NCCc2nc3ccccc3n2Cc2ccccc2F)c1. The predicted octanol–water partition coefficient (Wildman–Crippen LogP) is 4.50. The number of nitrogens with zero attached hydrogens (tertiary/aromatic N) is 2. The van der Waals surface area contributed by atoms with Crippen molar-refractivity contribution in [2.45, 2.75) is 19.9 Å². The summed E-state index contributed by atoms with van der Waals surface area (Å²) in [4.78, 5) is 17.1. The van der Waals surface area contributed by atoms with Crippen molar-refractivity contribution in [3.05, 3.63) is 101 Å². The summed E-state index contributed by atoms with van der Waals surface area (Å²) in [6.07, 6.45) is 0.556. The smallest absolute Gasteiger partial charge is 0.251 e. The molecule has 0 radical (unpaired) electrons. The lowest BCUT2D eigenvalue weighted by Gasteiger charge is -2.11. The molecule has 0 aliphatic rings. The van der Waals surface area contributed by atoms with Crippen molar-refractivity contribution < 1.29 is 9.18 Å². The number of rotatable bonds is 6. The summed E-state index contributed by atoms with van der Waals surface area (Å²) in [7, 11) is 0. The van der Waals surface area contributed by atoms with Crippen LogP contribution < -0.4 is 5.32 Å². The molecule has 0 atom stereocenters. The Balaban J connectivity index is 1.54. The van der Waals surface area contributed by atoms with E-state index in [9.17, 15) is 9.18 Å². The zero-order valence-corrected chi connectivity index (χ0v) is 16.2. The lowest BCUT2D eigenvalue weighted by Crippen LogP contribution is -2.26. The molecule has 4 rings (SSSR count). The van der Waals surface area contributed by atoms with Crippen LogP contribution in [0, 0.1) is 12.7 Å². The number of halogens is 1. The number of carbonyl (C=O) groups excluding carboxylic acids is 1. The molecule has 0 saturated heterocycles. The predicted molar refractivity (Wildman–Crippen MR) is 112 cm³/mol. The van der Waals surface area contributed by atoms with Crippen molar-refractivity contribution in [3.8, 4) is 0 Å². The Bertz CT molecular complexity index is 1170. The Morgan fingerprint density at radius 2 is 1.83 bits per heavy atom. The van der Waals surface area contributed by atoms with E-state index in [2.05, 4.69) is 5.32 Å². The molecule has 1 N–H and O–H groups in total. The van der Waals surface area contributed by atoms with Crippen LogP contribution in [0.25, 0.3) is 11.0 Å². The molecule has 3 aromatic carbocycles. The average Bonchev–Trinajstić information content (AvgIpc) is 3.07. The van der Waals surface area contributed by atoms with Gasteiger partial charge >= 0.3 is 0 Å². The van der Waals surface area contributed by atoms with Crippen molar-refractivity contribution in [2.75, 3.05) is 6.54 Å². The third-order valence-electron chi connectivity index (χ3n) is 4.93. The summed E-state index contributed by atoms with van der Waals surface area (Å²) in [5.41, 5.74) is 4.12. The molecule has 5 heteroatoms. The summed E-state index contributed by atoms with van der Waals surface area (Å²) >= 11 is 0. The van der Waals surface area contributed by atoms with E-state index < -0.39 is 0 Å². The zero-order valence-electron chi connectivity index (χ0n) is 16.2. The quantitative estimate of drug-likeness (QED) is 0.529. The van der Waals surface area contributed by atoms with E-state index in [1.807, 2.05) is 60.0 Å². The minimum Gasteiger partial charge on any atom is -0.352 e. The number of hydrogen-bond donors (Lipinski definition) is 1. The number of nitrogens with one attached hydrogen (secondary N) is 1. The number of aryl methyl sites for hydroxylation is 1. The van der Waals surface area contributed by atoms with E-state index in [1.165, 1.54) is 6.07 Å². The Morgan fingerprint density at radius 3 is 2.66 bits per heavy atom. The first-order chi connectivity index (χ1) is 14.1. The van der Waals surface area contributed by atoms with Gasteiger partial charge in [-0.25, -0.2) is 9.37 Å². The number of aromatic nitrogens is 2. The third kappa shape index (κ3) is 4.19. The molecule has 1 amide bonds. The van der Waals surface area contributed by atoms with Gasteiger partial charge < -0.3 is 9.88 Å². The molecular formula is C24H22FN3O. The summed E-state index contributed by atoms with van der Waals surface area (Å²) in [5, 5.41) is 2.96. The van der Waals surface area contributed by atoms with Gasteiger partial charge in [0.05, 0.1) is 17.6 Å². The largest absolute Gasteiger partial charge is 0.352 e. The molecule has 29 heavy (non-hydrogen) atoms. The van der Waals surface area contributed by atoms with E-state index in [-0.39, 0.29) is 11.7 Å².